The van der Waals surface area contributed by atoms with Crippen LogP contribution < -0.4 is 16.0 Å². The van der Waals surface area contributed by atoms with Gasteiger partial charge < -0.3 is 0 Å². The van der Waals surface area contributed by atoms with E-state index in [9.17, 15) is 0 Å². The van der Waals surface area contributed by atoms with Crippen molar-refractivity contribution >= 4 is 11.9 Å². The van der Waals surface area contributed by atoms with Gasteiger partial charge >= 0.3 is 0 Å². The van der Waals surface area contributed by atoms with Crippen LogP contribution in [0.1, 0.15) is 0 Å². The van der Waals surface area contributed by atoms with Crippen LogP contribution in [-0.2, 0) is 0 Å². The van der Waals surface area contributed by atoms with Gasteiger partial charge in [-0.2, -0.15) is 5.10 Å². The van der Waals surface area contributed by atoms with Crippen molar-refractivity contribution in [3.05, 3.63) is 58.8 Å². The zero-order chi connectivity index (χ0) is 10.1. The Hall–Kier alpha value is -2.16. The molecular formula is C12H8N3. The molecule has 0 bridgehead atoms. The molecule has 0 aromatic heterocycles. The second-order valence-corrected chi connectivity index (χ2v) is 3.29. The van der Waals surface area contributed by atoms with Crippen LogP contribution in [0.3, 0.4) is 0 Å². The molecule has 0 fully saturated rings. The van der Waals surface area contributed by atoms with Crippen molar-refractivity contribution in [3.63, 3.8) is 0 Å². The van der Waals surface area contributed by atoms with Crippen molar-refractivity contribution < 1.29 is 0 Å². The van der Waals surface area contributed by atoms with E-state index in [1.54, 1.807) is 6.20 Å². The third-order valence-corrected chi connectivity index (χ3v) is 2.38. The molecule has 1 aromatic rings. The number of benzene rings is 1. The molecule has 3 rings (SSSR count). The lowest BCUT2D eigenvalue weighted by Gasteiger charge is -2.09. The van der Waals surface area contributed by atoms with Crippen LogP contribution in [0.2, 0.25) is 0 Å². The minimum absolute atomic E-state index is 0.955. The molecule has 0 saturated heterocycles. The number of hydrogen-bond acceptors (Lipinski definition) is 3. The van der Waals surface area contributed by atoms with E-state index in [4.69, 9.17) is 0 Å². The van der Waals surface area contributed by atoms with Crippen molar-refractivity contribution in [2.75, 3.05) is 0 Å². The molecule has 2 aliphatic rings. The number of rotatable bonds is 0. The zero-order valence-electron chi connectivity index (χ0n) is 7.94. The lowest BCUT2D eigenvalue weighted by atomic mass is 10.1. The van der Waals surface area contributed by atoms with E-state index in [0.29, 0.717) is 0 Å². The Bertz CT molecular complexity index is 606. The number of nitrogens with one attached hydrogen (secondary N) is 1. The maximum Gasteiger partial charge on any atom is 0.111 e. The van der Waals surface area contributed by atoms with E-state index in [-0.39, 0.29) is 0 Å². The molecular weight excluding hydrogens is 186 g/mol. The Morgan fingerprint density at radius 2 is 2.13 bits per heavy atom. The lowest BCUT2D eigenvalue weighted by molar-refractivity contribution is 0.981. The summed E-state index contributed by atoms with van der Waals surface area (Å²) < 4.78 is 0. The number of hydrogen-bond donors (Lipinski definition) is 1. The second kappa shape index (κ2) is 3.20. The molecule has 0 saturated carbocycles. The summed E-state index contributed by atoms with van der Waals surface area (Å²) in [4.78, 5) is 4.36. The maximum atomic E-state index is 4.36. The van der Waals surface area contributed by atoms with E-state index >= 15 is 0 Å². The minimum Gasteiger partial charge on any atom is -0.277 e. The Morgan fingerprint density at radius 3 is 3.13 bits per heavy atom. The molecule has 1 N–H and O–H groups in total. The second-order valence-electron chi connectivity index (χ2n) is 3.29. The van der Waals surface area contributed by atoms with Gasteiger partial charge in [0.25, 0.3) is 0 Å². The van der Waals surface area contributed by atoms with Crippen molar-refractivity contribution in [2.45, 2.75) is 0 Å². The Morgan fingerprint density at radius 1 is 1.20 bits per heavy atom. The van der Waals surface area contributed by atoms with Crippen LogP contribution in [0.5, 0.6) is 0 Å². The van der Waals surface area contributed by atoms with Crippen molar-refractivity contribution in [3.8, 4) is 0 Å². The molecule has 1 radical (unpaired) electrons. The lowest BCUT2D eigenvalue weighted by Crippen LogP contribution is -2.31. The highest BCUT2D eigenvalue weighted by molar-refractivity contribution is 5.83. The molecule has 3 nitrogen and oxygen atoms in total. The summed E-state index contributed by atoms with van der Waals surface area (Å²) in [5.74, 6) is 0. The normalized spacial score (nSPS) is 16.8. The smallest absolute Gasteiger partial charge is 0.111 e. The summed E-state index contributed by atoms with van der Waals surface area (Å²) in [6, 6.07) is 7.99. The highest BCUT2D eigenvalue weighted by Gasteiger charge is 2.08. The molecule has 0 amide bonds. The van der Waals surface area contributed by atoms with Gasteiger partial charge in [0.2, 0.25) is 0 Å². The number of nitrogens with zero attached hydrogens (tertiary/aromatic N) is 2. The molecule has 1 aromatic carbocycles. The standard InChI is InChI=1S/C12H8N3/c1-2-4-11-10(3-1)12-9(5-7-13-11)6-8-14-15-12/h1-7,15H. The minimum atomic E-state index is 0.955. The average Bonchev–Trinajstić information content (AvgIpc) is 2.48. The molecule has 71 valence electrons. The summed E-state index contributed by atoms with van der Waals surface area (Å²) in [6.45, 7) is 0. The third kappa shape index (κ3) is 1.29. The first-order chi connectivity index (χ1) is 7.45. The fraction of sp³-hybridized carbons (Fsp3) is 0. The Labute approximate surface area is 86.9 Å². The summed E-state index contributed by atoms with van der Waals surface area (Å²) in [5.41, 5.74) is 5.01. The van der Waals surface area contributed by atoms with Crippen LogP contribution in [-0.4, -0.2) is 6.21 Å². The maximum absolute atomic E-state index is 4.36. The first kappa shape index (κ1) is 8.17. The fourth-order valence-electron chi connectivity index (χ4n) is 1.67. The van der Waals surface area contributed by atoms with E-state index < -0.39 is 0 Å². The van der Waals surface area contributed by atoms with Gasteiger partial charge in [0, 0.05) is 17.0 Å². The van der Waals surface area contributed by atoms with Crippen LogP contribution in [0.15, 0.2) is 58.3 Å². The Kier molecular flexibility index (Phi) is 1.75. The SMILES string of the molecule is [C]1=NNC2=c3ccccc3=NC=CC2=C1. The van der Waals surface area contributed by atoms with Gasteiger partial charge in [-0.15, -0.1) is 0 Å². The van der Waals surface area contributed by atoms with E-state index in [2.05, 4.69) is 21.7 Å². The van der Waals surface area contributed by atoms with E-state index in [1.807, 2.05) is 36.4 Å². The first-order valence-corrected chi connectivity index (χ1v) is 4.71. The number of allylic oxidation sites excluding steroid dienone is 1. The molecule has 0 atom stereocenters. The van der Waals surface area contributed by atoms with Gasteiger partial charge in [-0.25, -0.2) is 0 Å². The molecule has 2 heterocycles. The van der Waals surface area contributed by atoms with Crippen LogP contribution >= 0.6 is 0 Å². The molecule has 15 heavy (non-hydrogen) atoms. The Balaban J connectivity index is 2.45. The number of para-hydroxylation sites is 1. The van der Waals surface area contributed by atoms with Gasteiger partial charge in [-0.05, 0) is 18.2 Å². The third-order valence-electron chi connectivity index (χ3n) is 2.38. The van der Waals surface area contributed by atoms with Crippen molar-refractivity contribution in [1.29, 1.82) is 0 Å². The summed E-state index contributed by atoms with van der Waals surface area (Å²) in [5, 5.41) is 5.94. The van der Waals surface area contributed by atoms with Crippen molar-refractivity contribution in [1.82, 2.24) is 5.43 Å². The molecule has 2 aliphatic heterocycles. The number of fused-ring (bicyclic) bond motifs is 2. The van der Waals surface area contributed by atoms with Gasteiger partial charge in [0.15, 0.2) is 0 Å². The van der Waals surface area contributed by atoms with Gasteiger partial charge in [-0.1, -0.05) is 18.2 Å². The number of hydrazone groups is 1. The average molecular weight is 194 g/mol. The molecule has 0 aliphatic carbocycles. The molecule has 3 heteroatoms. The molecule has 0 spiro atoms. The molecule has 0 unspecified atom stereocenters. The van der Waals surface area contributed by atoms with E-state index in [1.165, 1.54) is 0 Å². The predicted molar refractivity (Wildman–Crippen MR) is 58.4 cm³/mol. The van der Waals surface area contributed by atoms with Crippen molar-refractivity contribution in [2.24, 2.45) is 10.1 Å². The summed E-state index contributed by atoms with van der Waals surface area (Å²) >= 11 is 0. The van der Waals surface area contributed by atoms with Gasteiger partial charge in [0.05, 0.1) is 11.1 Å². The van der Waals surface area contributed by atoms with E-state index in [0.717, 1.165) is 21.8 Å². The fourth-order valence-corrected chi connectivity index (χ4v) is 1.67. The van der Waals surface area contributed by atoms with Crippen LogP contribution in [0.4, 0.5) is 0 Å². The highest BCUT2D eigenvalue weighted by atomic mass is 15.3. The zero-order valence-corrected chi connectivity index (χ0v) is 7.94. The monoisotopic (exact) mass is 194 g/mol. The summed E-state index contributed by atoms with van der Waals surface area (Å²) in [7, 11) is 0. The summed E-state index contributed by atoms with van der Waals surface area (Å²) in [6.07, 6.45) is 8.37. The highest BCUT2D eigenvalue weighted by Crippen LogP contribution is 2.11. The van der Waals surface area contributed by atoms with Crippen LogP contribution in [0.25, 0.3) is 5.70 Å². The quantitative estimate of drug-likeness (QED) is 0.635. The van der Waals surface area contributed by atoms with Crippen LogP contribution in [0, 0.1) is 0 Å². The van der Waals surface area contributed by atoms with Gasteiger partial charge in [-0.3, -0.25) is 10.4 Å². The first-order valence-electron chi connectivity index (χ1n) is 4.71. The predicted octanol–water partition coefficient (Wildman–Crippen LogP) is 0.334. The largest absolute Gasteiger partial charge is 0.277 e. The van der Waals surface area contributed by atoms with Gasteiger partial charge in [0.1, 0.15) is 6.21 Å². The topological polar surface area (TPSA) is 36.8 Å².